The summed E-state index contributed by atoms with van der Waals surface area (Å²) in [5.41, 5.74) is 3.35. The highest BCUT2D eigenvalue weighted by Crippen LogP contribution is 2.35. The largest absolute Gasteiger partial charge is 0.416 e. The van der Waals surface area contributed by atoms with Gasteiger partial charge < -0.3 is 9.72 Å². The number of nitrogens with zero attached hydrogens (tertiary/aromatic N) is 2. The summed E-state index contributed by atoms with van der Waals surface area (Å²) in [4.78, 5) is 16.7. The van der Waals surface area contributed by atoms with Crippen molar-refractivity contribution >= 4 is 11.6 Å². The minimum Gasteiger partial charge on any atom is -0.350 e. The van der Waals surface area contributed by atoms with Crippen LogP contribution in [0.4, 0.5) is 13.2 Å². The monoisotopic (exact) mass is 359 g/mol. The molecule has 1 aliphatic rings. The summed E-state index contributed by atoms with van der Waals surface area (Å²) in [7, 11) is 0. The maximum atomic E-state index is 12.9. The first-order chi connectivity index (χ1) is 12.3. The van der Waals surface area contributed by atoms with Gasteiger partial charge in [0.15, 0.2) is 0 Å². The van der Waals surface area contributed by atoms with Crippen LogP contribution in [0.15, 0.2) is 42.6 Å². The first-order valence-corrected chi connectivity index (χ1v) is 8.24. The zero-order valence-corrected chi connectivity index (χ0v) is 14.0. The lowest BCUT2D eigenvalue weighted by atomic mass is 9.91. The van der Waals surface area contributed by atoms with Crippen LogP contribution in [0.3, 0.4) is 0 Å². The minimum absolute atomic E-state index is 0.144. The molecule has 1 N–H and O–H groups in total. The number of pyridine rings is 1. The fraction of sp³-hybridized carbons (Fsp3) is 0.263. The third kappa shape index (κ3) is 2.83. The molecule has 1 amide bonds. The molecular formula is C19H16F3N3O. The Kier molecular flexibility index (Phi) is 3.75. The lowest BCUT2D eigenvalue weighted by Crippen LogP contribution is -2.21. The second-order valence-electron chi connectivity index (χ2n) is 6.53. The Labute approximate surface area is 147 Å². The molecule has 4 rings (SSSR count). The van der Waals surface area contributed by atoms with Gasteiger partial charge in [0.2, 0.25) is 5.91 Å². The first-order valence-electron chi connectivity index (χ1n) is 8.24. The summed E-state index contributed by atoms with van der Waals surface area (Å²) in [5, 5.41) is 2.82. The fourth-order valence-corrected chi connectivity index (χ4v) is 3.43. The average molecular weight is 359 g/mol. The van der Waals surface area contributed by atoms with Gasteiger partial charge in [-0.15, -0.1) is 0 Å². The number of carbonyl (C=O) groups excluding carboxylic acids is 1. The molecule has 1 aromatic carbocycles. The summed E-state index contributed by atoms with van der Waals surface area (Å²) in [6.07, 6.45) is -2.28. The van der Waals surface area contributed by atoms with E-state index in [-0.39, 0.29) is 18.2 Å². The van der Waals surface area contributed by atoms with Crippen LogP contribution in [0.25, 0.3) is 5.65 Å². The first kappa shape index (κ1) is 16.6. The normalized spacial score (nSPS) is 17.7. The topological polar surface area (TPSA) is 46.4 Å². The Bertz CT molecular complexity index is 990. The molecule has 1 atom stereocenters. The number of nitrogens with one attached hydrogen (secondary N) is 1. The Morgan fingerprint density at radius 3 is 2.58 bits per heavy atom. The number of aromatic nitrogens is 2. The molecule has 0 unspecified atom stereocenters. The Hall–Kier alpha value is -2.83. The highest BCUT2D eigenvalue weighted by Gasteiger charge is 2.32. The van der Waals surface area contributed by atoms with Crippen molar-refractivity contribution in [1.29, 1.82) is 0 Å². The zero-order chi connectivity index (χ0) is 18.5. The fourth-order valence-electron chi connectivity index (χ4n) is 3.43. The second-order valence-corrected chi connectivity index (χ2v) is 6.53. The summed E-state index contributed by atoms with van der Waals surface area (Å²) in [6.45, 7) is 2.27. The number of benzene rings is 1. The molecule has 0 fully saturated rings. The molecule has 0 spiro atoms. The maximum absolute atomic E-state index is 12.9. The standard InChI is InChI=1S/C19H16F3N3O/c1-11-2-7-16-24-15-9-23-17(26)8-14(18(15)25(16)10-11)12-3-5-13(6-4-12)19(20,21)22/h2-7,10,14H,8-9H2,1H3,(H,23,26)/t14-/m0/s1. The lowest BCUT2D eigenvalue weighted by Gasteiger charge is -2.17. The Morgan fingerprint density at radius 2 is 1.88 bits per heavy atom. The van der Waals surface area contributed by atoms with E-state index in [9.17, 15) is 18.0 Å². The quantitative estimate of drug-likeness (QED) is 0.718. The number of carbonyl (C=O) groups is 1. The van der Waals surface area contributed by atoms with Gasteiger partial charge in [-0.3, -0.25) is 4.79 Å². The molecule has 4 nitrogen and oxygen atoms in total. The maximum Gasteiger partial charge on any atom is 0.416 e. The van der Waals surface area contributed by atoms with Crippen molar-refractivity contribution in [3.63, 3.8) is 0 Å². The van der Waals surface area contributed by atoms with Crippen molar-refractivity contribution in [2.24, 2.45) is 0 Å². The SMILES string of the molecule is Cc1ccc2nc3c(n2c1)[C@H](c1ccc(C(F)(F)F)cc1)CC(=O)NC3. The van der Waals surface area contributed by atoms with Crippen LogP contribution < -0.4 is 5.32 Å². The number of hydrogen-bond acceptors (Lipinski definition) is 2. The molecule has 1 aliphatic heterocycles. The molecule has 0 radical (unpaired) electrons. The van der Waals surface area contributed by atoms with Gasteiger partial charge in [-0.2, -0.15) is 13.2 Å². The van der Waals surface area contributed by atoms with E-state index >= 15 is 0 Å². The zero-order valence-electron chi connectivity index (χ0n) is 14.0. The number of amides is 1. The van der Waals surface area contributed by atoms with Gasteiger partial charge in [0.25, 0.3) is 0 Å². The Morgan fingerprint density at radius 1 is 1.15 bits per heavy atom. The molecule has 0 bridgehead atoms. The summed E-state index contributed by atoms with van der Waals surface area (Å²) in [5.74, 6) is -0.499. The van der Waals surface area contributed by atoms with E-state index in [1.807, 2.05) is 29.7 Å². The molecule has 2 aromatic heterocycles. The van der Waals surface area contributed by atoms with Crippen LogP contribution in [0.1, 0.15) is 40.4 Å². The van der Waals surface area contributed by atoms with Crippen LogP contribution in [0.2, 0.25) is 0 Å². The number of halogens is 3. The molecule has 3 heterocycles. The van der Waals surface area contributed by atoms with E-state index < -0.39 is 11.7 Å². The molecule has 134 valence electrons. The second kappa shape index (κ2) is 5.86. The van der Waals surface area contributed by atoms with Crippen LogP contribution >= 0.6 is 0 Å². The van der Waals surface area contributed by atoms with E-state index in [0.717, 1.165) is 34.7 Å². The van der Waals surface area contributed by atoms with Crippen LogP contribution in [0, 0.1) is 6.92 Å². The van der Waals surface area contributed by atoms with Gasteiger partial charge in [-0.05, 0) is 36.2 Å². The molecule has 0 saturated carbocycles. The molecule has 0 aliphatic carbocycles. The highest BCUT2D eigenvalue weighted by atomic mass is 19.4. The average Bonchev–Trinajstić information content (AvgIpc) is 2.85. The van der Waals surface area contributed by atoms with Gasteiger partial charge in [-0.1, -0.05) is 18.2 Å². The molecule has 0 saturated heterocycles. The van der Waals surface area contributed by atoms with E-state index in [2.05, 4.69) is 10.3 Å². The van der Waals surface area contributed by atoms with E-state index in [0.29, 0.717) is 12.1 Å². The number of fused-ring (bicyclic) bond motifs is 3. The lowest BCUT2D eigenvalue weighted by molar-refractivity contribution is -0.137. The predicted octanol–water partition coefficient (Wildman–Crippen LogP) is 3.81. The van der Waals surface area contributed by atoms with Gasteiger partial charge in [0.05, 0.1) is 23.5 Å². The van der Waals surface area contributed by atoms with Crippen molar-refractivity contribution in [2.75, 3.05) is 0 Å². The number of alkyl halides is 3. The predicted molar refractivity (Wildman–Crippen MR) is 89.7 cm³/mol. The van der Waals surface area contributed by atoms with Gasteiger partial charge in [-0.25, -0.2) is 4.98 Å². The third-order valence-electron chi connectivity index (χ3n) is 4.69. The van der Waals surface area contributed by atoms with Crippen molar-refractivity contribution in [3.8, 4) is 0 Å². The minimum atomic E-state index is -4.38. The van der Waals surface area contributed by atoms with Crippen molar-refractivity contribution in [3.05, 3.63) is 70.7 Å². The number of aryl methyl sites for hydroxylation is 1. The highest BCUT2D eigenvalue weighted by molar-refractivity contribution is 5.78. The molecule has 3 aromatic rings. The number of rotatable bonds is 1. The van der Waals surface area contributed by atoms with E-state index in [1.165, 1.54) is 12.1 Å². The van der Waals surface area contributed by atoms with Crippen molar-refractivity contribution in [1.82, 2.24) is 14.7 Å². The smallest absolute Gasteiger partial charge is 0.350 e. The number of imidazole rings is 1. The summed E-state index contributed by atoms with van der Waals surface area (Å²) >= 11 is 0. The van der Waals surface area contributed by atoms with Gasteiger partial charge in [0, 0.05) is 18.5 Å². The van der Waals surface area contributed by atoms with Crippen LogP contribution in [-0.4, -0.2) is 15.3 Å². The van der Waals surface area contributed by atoms with Crippen LogP contribution in [-0.2, 0) is 17.5 Å². The summed E-state index contributed by atoms with van der Waals surface area (Å²) < 4.78 is 40.5. The third-order valence-corrected chi connectivity index (χ3v) is 4.69. The van der Waals surface area contributed by atoms with Crippen molar-refractivity contribution in [2.45, 2.75) is 32.0 Å². The van der Waals surface area contributed by atoms with Gasteiger partial charge >= 0.3 is 6.18 Å². The summed E-state index contributed by atoms with van der Waals surface area (Å²) in [6, 6.07) is 8.87. The van der Waals surface area contributed by atoms with E-state index in [1.54, 1.807) is 0 Å². The van der Waals surface area contributed by atoms with E-state index in [4.69, 9.17) is 0 Å². The van der Waals surface area contributed by atoms with Crippen LogP contribution in [0.5, 0.6) is 0 Å². The molecular weight excluding hydrogens is 343 g/mol. The molecule has 7 heteroatoms. The Balaban J connectivity index is 1.86. The number of hydrogen-bond donors (Lipinski definition) is 1. The van der Waals surface area contributed by atoms with Gasteiger partial charge in [0.1, 0.15) is 5.65 Å². The van der Waals surface area contributed by atoms with Crippen molar-refractivity contribution < 1.29 is 18.0 Å². The molecule has 26 heavy (non-hydrogen) atoms.